The number of carbonyl (C=O) groups excluding carboxylic acids is 3. The molecule has 2 N–H and O–H groups in total. The van der Waals surface area contributed by atoms with E-state index in [0.29, 0.717) is 50.6 Å². The maximum atomic E-state index is 13.5. The fourth-order valence-electron chi connectivity index (χ4n) is 6.47. The van der Waals surface area contributed by atoms with E-state index in [-0.39, 0.29) is 35.9 Å². The van der Waals surface area contributed by atoms with Crippen LogP contribution >= 0.6 is 0 Å². The Morgan fingerprint density at radius 1 is 1.04 bits per heavy atom. The van der Waals surface area contributed by atoms with Gasteiger partial charge >= 0.3 is 6.09 Å². The summed E-state index contributed by atoms with van der Waals surface area (Å²) in [6.45, 7) is 4.81. The number of benzene rings is 1. The van der Waals surface area contributed by atoms with Gasteiger partial charge in [0.15, 0.2) is 0 Å². The second kappa shape index (κ2) is 14.6. The summed E-state index contributed by atoms with van der Waals surface area (Å²) in [5, 5.41) is 21.7. The molecule has 13 nitrogen and oxygen atoms in total. The Bertz CT molecular complexity index is 1410. The number of fused-ring (bicyclic) bond motifs is 1. The van der Waals surface area contributed by atoms with Gasteiger partial charge in [-0.25, -0.2) is 4.79 Å². The van der Waals surface area contributed by atoms with Gasteiger partial charge in [0, 0.05) is 62.4 Å². The molecule has 1 saturated carbocycles. The molecule has 5 rings (SSSR count). The number of nitrogens with zero attached hydrogens (tertiary/aromatic N) is 5. The average Bonchev–Trinajstić information content (AvgIpc) is 3.27. The van der Waals surface area contributed by atoms with E-state index < -0.39 is 11.0 Å². The standard InChI is InChI=1S/C32H43N7O6/c1-3-27-20-38(19-26-18-34-36(2)30(26)35-27)31(41)25-8-4-23(5-9-25)17-33-29(40)16-22-12-14-37(15-13-22)32(42)45-21-24-6-10-28(11-7-24)39(43)44/h3,6-7,10-11,18,22-23,25,35H,4-5,8-9,12-17,19-21H2,1-2H3,(H,33,40)/b27-3+. The van der Waals surface area contributed by atoms with Gasteiger partial charge in [0.25, 0.3) is 5.69 Å². The van der Waals surface area contributed by atoms with Crippen LogP contribution in [0.4, 0.5) is 16.3 Å². The third-order valence-corrected chi connectivity index (χ3v) is 9.32. The van der Waals surface area contributed by atoms with Crippen molar-refractivity contribution in [1.29, 1.82) is 0 Å². The molecule has 0 unspecified atom stereocenters. The lowest BCUT2D eigenvalue weighted by Gasteiger charge is -2.32. The van der Waals surface area contributed by atoms with Crippen molar-refractivity contribution in [3.63, 3.8) is 0 Å². The fourth-order valence-corrected chi connectivity index (χ4v) is 6.47. The van der Waals surface area contributed by atoms with Crippen molar-refractivity contribution in [2.24, 2.45) is 24.8 Å². The molecular weight excluding hydrogens is 578 g/mol. The number of likely N-dealkylation sites (tertiary alicyclic amines) is 1. The first-order valence-corrected chi connectivity index (χ1v) is 15.8. The summed E-state index contributed by atoms with van der Waals surface area (Å²) < 4.78 is 7.19. The molecule has 45 heavy (non-hydrogen) atoms. The minimum absolute atomic E-state index is 0.000659. The number of anilines is 1. The maximum Gasteiger partial charge on any atom is 0.410 e. The summed E-state index contributed by atoms with van der Waals surface area (Å²) in [6, 6.07) is 5.93. The Kier molecular flexibility index (Phi) is 10.4. The fraction of sp³-hybridized carbons (Fsp3) is 0.562. The number of amides is 3. The van der Waals surface area contributed by atoms with Gasteiger partial charge in [0.05, 0.1) is 24.2 Å². The van der Waals surface area contributed by atoms with Crippen molar-refractivity contribution in [2.75, 3.05) is 31.5 Å². The number of non-ortho nitro benzene ring substituents is 1. The summed E-state index contributed by atoms with van der Waals surface area (Å²) in [5.74, 6) is 1.74. The van der Waals surface area contributed by atoms with Gasteiger partial charge in [-0.15, -0.1) is 0 Å². The molecule has 1 aromatic heterocycles. The summed E-state index contributed by atoms with van der Waals surface area (Å²) in [6.07, 6.45) is 8.80. The molecule has 2 aromatic rings. The van der Waals surface area contributed by atoms with E-state index in [4.69, 9.17) is 4.74 Å². The lowest BCUT2D eigenvalue weighted by Crippen LogP contribution is -2.41. The van der Waals surface area contributed by atoms with Gasteiger partial charge in [-0.05, 0) is 75.0 Å². The van der Waals surface area contributed by atoms with Crippen molar-refractivity contribution in [3.05, 3.63) is 63.5 Å². The number of hydrogen-bond acceptors (Lipinski definition) is 8. The molecule has 0 radical (unpaired) electrons. The first kappa shape index (κ1) is 32.0. The van der Waals surface area contributed by atoms with E-state index in [1.54, 1.807) is 21.7 Å². The number of nitro benzene ring substituents is 1. The van der Waals surface area contributed by atoms with Crippen LogP contribution in [0.5, 0.6) is 0 Å². The first-order valence-electron chi connectivity index (χ1n) is 15.8. The number of aryl methyl sites for hydroxylation is 1. The van der Waals surface area contributed by atoms with Crippen LogP contribution in [0.25, 0.3) is 0 Å². The van der Waals surface area contributed by atoms with Gasteiger partial charge in [0.1, 0.15) is 12.4 Å². The summed E-state index contributed by atoms with van der Waals surface area (Å²) in [5.41, 5.74) is 2.68. The number of rotatable bonds is 8. The Morgan fingerprint density at radius 3 is 2.42 bits per heavy atom. The molecule has 3 amide bonds. The van der Waals surface area contributed by atoms with Crippen LogP contribution in [-0.2, 0) is 34.5 Å². The molecule has 3 aliphatic rings. The Labute approximate surface area is 263 Å². The highest BCUT2D eigenvalue weighted by molar-refractivity contribution is 5.80. The monoisotopic (exact) mass is 621 g/mol. The zero-order chi connectivity index (χ0) is 31.9. The van der Waals surface area contributed by atoms with Crippen LogP contribution in [0.1, 0.15) is 63.0 Å². The van der Waals surface area contributed by atoms with Crippen molar-refractivity contribution in [1.82, 2.24) is 24.9 Å². The molecule has 3 heterocycles. The molecule has 2 aliphatic heterocycles. The summed E-state index contributed by atoms with van der Waals surface area (Å²) >= 11 is 0. The highest BCUT2D eigenvalue weighted by Crippen LogP contribution is 2.32. The second-order valence-corrected chi connectivity index (χ2v) is 12.4. The molecule has 0 atom stereocenters. The second-order valence-electron chi connectivity index (χ2n) is 12.4. The zero-order valence-electron chi connectivity index (χ0n) is 26.1. The van der Waals surface area contributed by atoms with Crippen molar-refractivity contribution < 1.29 is 24.0 Å². The molecule has 13 heteroatoms. The minimum atomic E-state index is -0.470. The van der Waals surface area contributed by atoms with Crippen LogP contribution in [0.3, 0.4) is 0 Å². The van der Waals surface area contributed by atoms with E-state index in [0.717, 1.165) is 55.6 Å². The molecule has 1 saturated heterocycles. The van der Waals surface area contributed by atoms with Crippen LogP contribution < -0.4 is 10.6 Å². The minimum Gasteiger partial charge on any atom is -0.445 e. The lowest BCUT2D eigenvalue weighted by molar-refractivity contribution is -0.384. The third kappa shape index (κ3) is 8.20. The Hall–Kier alpha value is -4.42. The van der Waals surface area contributed by atoms with Crippen LogP contribution in [0, 0.1) is 27.9 Å². The molecule has 0 bridgehead atoms. The van der Waals surface area contributed by atoms with E-state index in [1.807, 2.05) is 31.1 Å². The van der Waals surface area contributed by atoms with E-state index in [9.17, 15) is 24.5 Å². The zero-order valence-corrected chi connectivity index (χ0v) is 26.1. The topological polar surface area (TPSA) is 152 Å². The van der Waals surface area contributed by atoms with Gasteiger partial charge in [-0.2, -0.15) is 5.10 Å². The van der Waals surface area contributed by atoms with Crippen molar-refractivity contribution in [3.8, 4) is 0 Å². The maximum absolute atomic E-state index is 13.5. The highest BCUT2D eigenvalue weighted by atomic mass is 16.6. The Balaban J connectivity index is 0.978. The quantitative estimate of drug-likeness (QED) is 0.326. The largest absolute Gasteiger partial charge is 0.445 e. The number of piperidine rings is 1. The number of aromatic nitrogens is 2. The van der Waals surface area contributed by atoms with Crippen LogP contribution in [-0.4, -0.2) is 68.6 Å². The SMILES string of the molecule is C/C=C1\CN(C(=O)C2CCC(CNC(=O)CC3CCN(C(=O)OCc4ccc([N+](=O)[O-])cc4)CC3)CC2)Cc2cnn(C)c2N1. The Morgan fingerprint density at radius 2 is 1.76 bits per heavy atom. The molecular formula is C32H43N7O6. The molecule has 2 fully saturated rings. The van der Waals surface area contributed by atoms with Crippen molar-refractivity contribution in [2.45, 2.75) is 65.0 Å². The lowest BCUT2D eigenvalue weighted by atomic mass is 9.81. The van der Waals surface area contributed by atoms with Gasteiger partial charge in [-0.1, -0.05) is 6.08 Å². The summed E-state index contributed by atoms with van der Waals surface area (Å²) in [4.78, 5) is 52.6. The van der Waals surface area contributed by atoms with E-state index in [1.165, 1.54) is 12.1 Å². The normalized spacial score (nSPS) is 21.4. The first-order chi connectivity index (χ1) is 21.7. The molecule has 242 valence electrons. The average molecular weight is 622 g/mol. The number of ether oxygens (including phenoxy) is 1. The van der Waals surface area contributed by atoms with Crippen LogP contribution in [0.15, 0.2) is 42.2 Å². The number of nitrogens with one attached hydrogen (secondary N) is 2. The van der Waals surface area contributed by atoms with Crippen molar-refractivity contribution >= 4 is 29.4 Å². The number of nitro groups is 1. The number of hydrogen-bond donors (Lipinski definition) is 2. The van der Waals surface area contributed by atoms with Gasteiger partial charge in [-0.3, -0.25) is 24.4 Å². The predicted octanol–water partition coefficient (Wildman–Crippen LogP) is 4.35. The van der Waals surface area contributed by atoms with E-state index >= 15 is 0 Å². The number of allylic oxidation sites excluding steroid dienone is 1. The third-order valence-electron chi connectivity index (χ3n) is 9.32. The van der Waals surface area contributed by atoms with E-state index in [2.05, 4.69) is 15.7 Å². The smallest absolute Gasteiger partial charge is 0.410 e. The molecule has 1 aliphatic carbocycles. The molecule has 1 aromatic carbocycles. The summed E-state index contributed by atoms with van der Waals surface area (Å²) in [7, 11) is 1.90. The highest BCUT2D eigenvalue weighted by Gasteiger charge is 2.32. The van der Waals surface area contributed by atoms with Crippen LogP contribution in [0.2, 0.25) is 0 Å². The van der Waals surface area contributed by atoms with Gasteiger partial charge in [0.2, 0.25) is 11.8 Å². The number of carbonyl (C=O) groups is 3. The predicted molar refractivity (Wildman–Crippen MR) is 167 cm³/mol. The van der Waals surface area contributed by atoms with Gasteiger partial charge < -0.3 is 25.2 Å². The molecule has 0 spiro atoms.